The minimum atomic E-state index is -0.665. The summed E-state index contributed by atoms with van der Waals surface area (Å²) in [4.78, 5) is 12.2. The molecule has 21 heavy (non-hydrogen) atoms. The number of hydrogen-bond acceptors (Lipinski definition) is 5. The molecule has 118 valence electrons. The molecule has 0 unspecified atom stereocenters. The maximum atomic E-state index is 13.9. The monoisotopic (exact) mass is 299 g/mol. The fourth-order valence-electron chi connectivity index (χ4n) is 2.23. The van der Waals surface area contributed by atoms with Crippen LogP contribution in [0.25, 0.3) is 0 Å². The number of nitrogens with one attached hydrogen (secondary N) is 1. The number of nitro groups is 1. The number of halogens is 1. The van der Waals surface area contributed by atoms with Crippen LogP contribution in [-0.2, 0) is 0 Å². The molecule has 1 N–H and O–H groups in total. The van der Waals surface area contributed by atoms with Gasteiger partial charge < -0.3 is 15.0 Å². The molecule has 0 heterocycles. The zero-order valence-corrected chi connectivity index (χ0v) is 13.1. The minimum absolute atomic E-state index is 0.0364. The number of nitrogens with zero attached hydrogens (tertiary/aromatic N) is 2. The number of anilines is 1. The molecule has 0 aromatic heterocycles. The van der Waals surface area contributed by atoms with Crippen molar-refractivity contribution in [1.29, 1.82) is 0 Å². The number of nitro benzene ring substituents is 1. The summed E-state index contributed by atoms with van der Waals surface area (Å²) >= 11 is 0. The lowest BCUT2D eigenvalue weighted by Crippen LogP contribution is -2.34. The van der Waals surface area contributed by atoms with Crippen molar-refractivity contribution in [2.75, 3.05) is 39.6 Å². The third kappa shape index (κ3) is 4.86. The van der Waals surface area contributed by atoms with Gasteiger partial charge in [-0.1, -0.05) is 13.8 Å². The Morgan fingerprint density at radius 1 is 1.43 bits per heavy atom. The van der Waals surface area contributed by atoms with Crippen LogP contribution >= 0.6 is 0 Å². The highest BCUT2D eigenvalue weighted by atomic mass is 19.1. The maximum absolute atomic E-state index is 13.9. The summed E-state index contributed by atoms with van der Waals surface area (Å²) in [5, 5.41) is 13.8. The van der Waals surface area contributed by atoms with E-state index in [4.69, 9.17) is 4.74 Å². The zero-order chi connectivity index (χ0) is 16.2. The second-order valence-corrected chi connectivity index (χ2v) is 6.02. The van der Waals surface area contributed by atoms with Crippen LogP contribution < -0.4 is 10.1 Å². The Morgan fingerprint density at radius 3 is 2.52 bits per heavy atom. The zero-order valence-electron chi connectivity index (χ0n) is 13.1. The third-order valence-corrected chi connectivity index (χ3v) is 2.97. The molecular weight excluding hydrogens is 277 g/mol. The van der Waals surface area contributed by atoms with Gasteiger partial charge in [0, 0.05) is 19.2 Å². The molecule has 1 rings (SSSR count). The van der Waals surface area contributed by atoms with Gasteiger partial charge in [-0.05, 0) is 19.5 Å². The molecule has 0 amide bonds. The Labute approximate surface area is 124 Å². The maximum Gasteiger partial charge on any atom is 0.313 e. The first-order chi connectivity index (χ1) is 9.66. The van der Waals surface area contributed by atoms with Crippen molar-refractivity contribution >= 4 is 11.4 Å². The van der Waals surface area contributed by atoms with E-state index in [-0.39, 0.29) is 22.5 Å². The van der Waals surface area contributed by atoms with Gasteiger partial charge in [-0.3, -0.25) is 10.1 Å². The first kappa shape index (κ1) is 17.2. The summed E-state index contributed by atoms with van der Waals surface area (Å²) in [6.45, 7) is 5.47. The Bertz CT molecular complexity index is 518. The van der Waals surface area contributed by atoms with Crippen LogP contribution in [0, 0.1) is 21.3 Å². The van der Waals surface area contributed by atoms with E-state index in [0.29, 0.717) is 6.54 Å². The van der Waals surface area contributed by atoms with Crippen LogP contribution in [0.15, 0.2) is 12.1 Å². The molecule has 0 aliphatic rings. The molecule has 0 fully saturated rings. The Hall–Kier alpha value is -1.89. The Kier molecular flexibility index (Phi) is 5.48. The van der Waals surface area contributed by atoms with E-state index in [2.05, 4.69) is 24.1 Å². The van der Waals surface area contributed by atoms with Crippen LogP contribution in [-0.4, -0.2) is 44.1 Å². The van der Waals surface area contributed by atoms with Crippen molar-refractivity contribution in [2.45, 2.75) is 13.8 Å². The fourth-order valence-corrected chi connectivity index (χ4v) is 2.23. The number of hydrogen-bond donors (Lipinski definition) is 1. The van der Waals surface area contributed by atoms with Crippen molar-refractivity contribution < 1.29 is 14.1 Å². The molecule has 0 bridgehead atoms. The first-order valence-corrected chi connectivity index (χ1v) is 6.57. The van der Waals surface area contributed by atoms with E-state index < -0.39 is 10.7 Å². The lowest BCUT2D eigenvalue weighted by Gasteiger charge is -2.29. The lowest BCUT2D eigenvalue weighted by atomic mass is 9.93. The van der Waals surface area contributed by atoms with Crippen molar-refractivity contribution in [3.63, 3.8) is 0 Å². The van der Waals surface area contributed by atoms with Gasteiger partial charge in [-0.15, -0.1) is 0 Å². The number of rotatable bonds is 7. The van der Waals surface area contributed by atoms with Gasteiger partial charge in [0.2, 0.25) is 0 Å². The van der Waals surface area contributed by atoms with E-state index in [9.17, 15) is 14.5 Å². The quantitative estimate of drug-likeness (QED) is 0.619. The first-order valence-electron chi connectivity index (χ1n) is 6.57. The largest absolute Gasteiger partial charge is 0.490 e. The predicted octanol–water partition coefficient (Wildman–Crippen LogP) is 2.74. The third-order valence-electron chi connectivity index (χ3n) is 2.97. The highest BCUT2D eigenvalue weighted by Gasteiger charge is 2.22. The van der Waals surface area contributed by atoms with Crippen LogP contribution in [0.1, 0.15) is 13.8 Å². The normalized spacial score (nSPS) is 11.6. The van der Waals surface area contributed by atoms with Gasteiger partial charge in [0.05, 0.1) is 23.8 Å². The van der Waals surface area contributed by atoms with Crippen LogP contribution in [0.3, 0.4) is 0 Å². The fraction of sp³-hybridized carbons (Fsp3) is 0.571. The van der Waals surface area contributed by atoms with Crippen molar-refractivity contribution in [3.05, 3.63) is 28.1 Å². The number of benzene rings is 1. The molecule has 1 aromatic carbocycles. The molecule has 0 saturated heterocycles. The summed E-state index contributed by atoms with van der Waals surface area (Å²) in [5.74, 6) is -0.627. The van der Waals surface area contributed by atoms with Gasteiger partial charge in [0.15, 0.2) is 11.6 Å². The number of methoxy groups -OCH3 is 1. The molecule has 1 aromatic rings. The van der Waals surface area contributed by atoms with Gasteiger partial charge in [0.25, 0.3) is 0 Å². The molecule has 0 aliphatic carbocycles. The molecule has 0 aliphatic heterocycles. The Balaban J connectivity index is 2.92. The van der Waals surface area contributed by atoms with Gasteiger partial charge in [-0.25, -0.2) is 4.39 Å². The van der Waals surface area contributed by atoms with E-state index in [1.165, 1.54) is 13.2 Å². The average molecular weight is 299 g/mol. The van der Waals surface area contributed by atoms with Crippen LogP contribution in [0.5, 0.6) is 5.75 Å². The molecule has 7 heteroatoms. The van der Waals surface area contributed by atoms with E-state index in [1.807, 2.05) is 14.1 Å². The van der Waals surface area contributed by atoms with Crippen molar-refractivity contribution in [2.24, 2.45) is 5.41 Å². The average Bonchev–Trinajstić information content (AvgIpc) is 2.35. The Morgan fingerprint density at radius 2 is 2.05 bits per heavy atom. The van der Waals surface area contributed by atoms with Gasteiger partial charge in [-0.2, -0.15) is 0 Å². The summed E-state index contributed by atoms with van der Waals surface area (Å²) in [5.41, 5.74) is -0.261. The summed E-state index contributed by atoms with van der Waals surface area (Å²) in [7, 11) is 5.26. The smallest absolute Gasteiger partial charge is 0.313 e. The van der Waals surface area contributed by atoms with Gasteiger partial charge in [0.1, 0.15) is 0 Å². The van der Waals surface area contributed by atoms with Crippen molar-refractivity contribution in [1.82, 2.24) is 4.90 Å². The standard InChI is InChI=1S/C14H22FN3O3/c1-14(2,9-17(3)4)8-16-11-7-13(21-5)12(18(19)20)6-10(11)15/h6-7,16H,8-9H2,1-5H3. The SMILES string of the molecule is COc1cc(NCC(C)(C)CN(C)C)c(F)cc1[N+](=O)[O-]. The molecule has 0 spiro atoms. The highest BCUT2D eigenvalue weighted by Crippen LogP contribution is 2.32. The highest BCUT2D eigenvalue weighted by molar-refractivity contribution is 5.59. The molecule has 0 atom stereocenters. The molecule has 6 nitrogen and oxygen atoms in total. The van der Waals surface area contributed by atoms with E-state index in [1.54, 1.807) is 0 Å². The van der Waals surface area contributed by atoms with Crippen LogP contribution in [0.2, 0.25) is 0 Å². The lowest BCUT2D eigenvalue weighted by molar-refractivity contribution is -0.385. The minimum Gasteiger partial charge on any atom is -0.490 e. The number of ether oxygens (including phenoxy) is 1. The van der Waals surface area contributed by atoms with Crippen molar-refractivity contribution in [3.8, 4) is 5.75 Å². The predicted molar refractivity (Wildman–Crippen MR) is 80.4 cm³/mol. The summed E-state index contributed by atoms with van der Waals surface area (Å²) < 4.78 is 18.9. The molecular formula is C14H22FN3O3. The second-order valence-electron chi connectivity index (χ2n) is 6.02. The topological polar surface area (TPSA) is 67.6 Å². The summed E-state index contributed by atoms with van der Waals surface area (Å²) in [6.07, 6.45) is 0. The van der Waals surface area contributed by atoms with E-state index in [0.717, 1.165) is 12.6 Å². The van der Waals surface area contributed by atoms with E-state index >= 15 is 0 Å². The second kappa shape index (κ2) is 6.71. The molecule has 0 radical (unpaired) electrons. The summed E-state index contributed by atoms with van der Waals surface area (Å²) in [6, 6.07) is 2.19. The molecule has 0 saturated carbocycles. The van der Waals surface area contributed by atoms with Gasteiger partial charge >= 0.3 is 5.69 Å². The van der Waals surface area contributed by atoms with Crippen LogP contribution in [0.4, 0.5) is 15.8 Å².